The first kappa shape index (κ1) is 29.9. The van der Waals surface area contributed by atoms with Gasteiger partial charge in [-0.05, 0) is 82.9 Å². The molecule has 1 aliphatic heterocycles. The number of nitrogens with zero attached hydrogens (tertiary/aromatic N) is 7. The fourth-order valence-electron chi connectivity index (χ4n) is 4.77. The van der Waals surface area contributed by atoms with Crippen LogP contribution in [0.2, 0.25) is 0 Å². The van der Waals surface area contributed by atoms with Gasteiger partial charge in [-0.15, -0.1) is 5.10 Å². The molecular formula is C30H38N10O3. The molecule has 0 unspecified atom stereocenters. The van der Waals surface area contributed by atoms with E-state index >= 15 is 0 Å². The van der Waals surface area contributed by atoms with E-state index in [1.54, 1.807) is 35.0 Å². The van der Waals surface area contributed by atoms with E-state index in [1.165, 1.54) is 0 Å². The molecule has 0 atom stereocenters. The first-order valence-corrected chi connectivity index (χ1v) is 14.4. The topological polar surface area (TPSA) is 142 Å². The van der Waals surface area contributed by atoms with Crippen LogP contribution in [0.3, 0.4) is 0 Å². The Hall–Kier alpha value is -4.62. The fraction of sp³-hybridized carbons (Fsp3) is 0.400. The van der Waals surface area contributed by atoms with Crippen molar-refractivity contribution in [3.05, 3.63) is 53.6 Å². The summed E-state index contributed by atoms with van der Waals surface area (Å²) in [6.45, 7) is 9.90. The molecule has 0 aliphatic carbocycles. The van der Waals surface area contributed by atoms with Gasteiger partial charge in [0.2, 0.25) is 0 Å². The quantitative estimate of drug-likeness (QED) is 0.268. The Bertz CT molecular complexity index is 1590. The van der Waals surface area contributed by atoms with Crippen molar-refractivity contribution in [2.24, 2.45) is 0 Å². The van der Waals surface area contributed by atoms with Crippen LogP contribution in [0.1, 0.15) is 35.8 Å². The van der Waals surface area contributed by atoms with E-state index in [4.69, 9.17) is 14.7 Å². The lowest BCUT2D eigenvalue weighted by molar-refractivity contribution is 0.0950. The summed E-state index contributed by atoms with van der Waals surface area (Å²) in [5.74, 6) is 1.15. The maximum atomic E-state index is 12.7. The molecule has 3 amide bonds. The van der Waals surface area contributed by atoms with E-state index in [9.17, 15) is 9.59 Å². The number of nitrogens with one attached hydrogen (secondary N) is 3. The number of anilines is 3. The summed E-state index contributed by atoms with van der Waals surface area (Å²) in [7, 11) is 3.91. The lowest BCUT2D eigenvalue weighted by Gasteiger charge is -2.28. The summed E-state index contributed by atoms with van der Waals surface area (Å²) in [6.07, 6.45) is 0. The first-order valence-electron chi connectivity index (χ1n) is 14.4. The van der Waals surface area contributed by atoms with Crippen LogP contribution in [0.25, 0.3) is 22.6 Å². The number of urea groups is 1. The molecule has 3 N–H and O–H groups in total. The molecule has 1 fully saturated rings. The Morgan fingerprint density at radius 3 is 2.37 bits per heavy atom. The van der Waals surface area contributed by atoms with E-state index in [0.717, 1.165) is 23.5 Å². The summed E-state index contributed by atoms with van der Waals surface area (Å²) in [4.78, 5) is 39.1. The number of hydrogen-bond donors (Lipinski definition) is 3. The Morgan fingerprint density at radius 1 is 1.00 bits per heavy atom. The van der Waals surface area contributed by atoms with Gasteiger partial charge in [0.1, 0.15) is 0 Å². The van der Waals surface area contributed by atoms with Gasteiger partial charge in [0, 0.05) is 48.7 Å². The molecule has 226 valence electrons. The van der Waals surface area contributed by atoms with Crippen LogP contribution < -0.4 is 20.9 Å². The number of morpholine rings is 1. The lowest BCUT2D eigenvalue weighted by atomic mass is 10.1. The van der Waals surface area contributed by atoms with Crippen LogP contribution in [0.4, 0.5) is 22.0 Å². The Kier molecular flexibility index (Phi) is 9.12. The minimum Gasteiger partial charge on any atom is -0.378 e. The van der Waals surface area contributed by atoms with Gasteiger partial charge in [-0.1, -0.05) is 5.21 Å². The molecule has 1 aliphatic rings. The maximum absolute atomic E-state index is 12.7. The number of ether oxygens (including phenoxy) is 1. The Labute approximate surface area is 250 Å². The van der Waals surface area contributed by atoms with Gasteiger partial charge in [0.05, 0.1) is 19.3 Å². The number of amides is 3. The van der Waals surface area contributed by atoms with Crippen LogP contribution in [-0.4, -0.2) is 95.3 Å². The van der Waals surface area contributed by atoms with Crippen molar-refractivity contribution in [1.29, 1.82) is 0 Å². The smallest absolute Gasteiger partial charge is 0.323 e. The molecule has 2 aromatic heterocycles. The molecular weight excluding hydrogens is 548 g/mol. The zero-order valence-electron chi connectivity index (χ0n) is 25.2. The summed E-state index contributed by atoms with van der Waals surface area (Å²) in [5.41, 5.74) is 4.69. The third-order valence-corrected chi connectivity index (χ3v) is 7.08. The van der Waals surface area contributed by atoms with Gasteiger partial charge in [-0.3, -0.25) is 4.79 Å². The van der Waals surface area contributed by atoms with E-state index < -0.39 is 6.03 Å². The van der Waals surface area contributed by atoms with Gasteiger partial charge in [-0.25, -0.2) is 19.4 Å². The molecule has 0 bridgehead atoms. The van der Waals surface area contributed by atoms with Gasteiger partial charge >= 0.3 is 6.03 Å². The number of carbonyl (C=O) groups excluding carboxylic acids is 2. The number of hydrogen-bond acceptors (Lipinski definition) is 9. The molecule has 3 heterocycles. The molecule has 4 aromatic rings. The zero-order chi connectivity index (χ0) is 30.5. The van der Waals surface area contributed by atoms with Crippen molar-refractivity contribution in [1.82, 2.24) is 35.2 Å². The zero-order valence-corrected chi connectivity index (χ0v) is 25.2. The molecule has 13 nitrogen and oxygen atoms in total. The van der Waals surface area contributed by atoms with Crippen molar-refractivity contribution >= 4 is 40.3 Å². The average Bonchev–Trinajstić information content (AvgIpc) is 3.42. The molecule has 43 heavy (non-hydrogen) atoms. The molecule has 2 aromatic carbocycles. The second kappa shape index (κ2) is 13.1. The average molecular weight is 587 g/mol. The number of carbonyl (C=O) groups is 2. The maximum Gasteiger partial charge on any atom is 0.323 e. The van der Waals surface area contributed by atoms with Crippen LogP contribution in [0, 0.1) is 6.92 Å². The fourth-order valence-corrected chi connectivity index (χ4v) is 4.77. The monoisotopic (exact) mass is 586 g/mol. The third kappa shape index (κ3) is 7.07. The van der Waals surface area contributed by atoms with Crippen molar-refractivity contribution in [2.75, 3.05) is 69.0 Å². The predicted molar refractivity (Wildman–Crippen MR) is 167 cm³/mol. The highest BCUT2D eigenvalue weighted by molar-refractivity contribution is 6.01. The summed E-state index contributed by atoms with van der Waals surface area (Å²) < 4.78 is 7.33. The molecule has 13 heteroatoms. The van der Waals surface area contributed by atoms with Crippen molar-refractivity contribution in [3.8, 4) is 11.4 Å². The van der Waals surface area contributed by atoms with Crippen LogP contribution in [0.15, 0.2) is 42.5 Å². The predicted octanol–water partition coefficient (Wildman–Crippen LogP) is 3.55. The van der Waals surface area contributed by atoms with Gasteiger partial charge in [0.15, 0.2) is 22.8 Å². The minimum absolute atomic E-state index is 0.0839. The van der Waals surface area contributed by atoms with Gasteiger partial charge in [-0.2, -0.15) is 0 Å². The molecule has 0 radical (unpaired) electrons. The second-order valence-corrected chi connectivity index (χ2v) is 11.0. The van der Waals surface area contributed by atoms with E-state index in [1.807, 2.05) is 51.9 Å². The Balaban J connectivity index is 1.28. The second-order valence-electron chi connectivity index (χ2n) is 11.0. The standard InChI is InChI=1S/C30H38N10O3/c1-19(2)40-28-25(36-37-40)27(39-14-16-43-17-15-39)34-26(35-28)21-6-8-22(9-7-21)32-30(42)33-23-10-11-24(20(3)18-23)29(41)31-12-13-38(4)5/h6-11,18-19H,12-17H2,1-5H3,(H,31,41)(H2,32,33,42). The first-order chi connectivity index (χ1) is 20.7. The number of rotatable bonds is 9. The van der Waals surface area contributed by atoms with E-state index in [-0.39, 0.29) is 11.9 Å². The van der Waals surface area contributed by atoms with Crippen molar-refractivity contribution in [3.63, 3.8) is 0 Å². The van der Waals surface area contributed by atoms with E-state index in [2.05, 4.69) is 31.2 Å². The van der Waals surface area contributed by atoms with E-state index in [0.29, 0.717) is 66.8 Å². The SMILES string of the molecule is Cc1cc(NC(=O)Nc2ccc(-c3nc(N4CCOCC4)c4nnn(C(C)C)c4n3)cc2)ccc1C(=O)NCCN(C)C. The number of aryl methyl sites for hydroxylation is 1. The number of fused-ring (bicyclic) bond motifs is 1. The lowest BCUT2D eigenvalue weighted by Crippen LogP contribution is -2.37. The summed E-state index contributed by atoms with van der Waals surface area (Å²) in [5, 5.41) is 17.3. The van der Waals surface area contributed by atoms with Crippen LogP contribution >= 0.6 is 0 Å². The number of likely N-dealkylation sites (N-methyl/N-ethyl adjacent to an activating group) is 1. The molecule has 0 saturated carbocycles. The Morgan fingerprint density at radius 2 is 1.70 bits per heavy atom. The van der Waals surface area contributed by atoms with Crippen LogP contribution in [0.5, 0.6) is 0 Å². The highest BCUT2D eigenvalue weighted by Crippen LogP contribution is 2.28. The van der Waals surface area contributed by atoms with Gasteiger partial charge < -0.3 is 30.5 Å². The number of benzene rings is 2. The normalized spacial score (nSPS) is 13.5. The van der Waals surface area contributed by atoms with Gasteiger partial charge in [0.25, 0.3) is 5.91 Å². The van der Waals surface area contributed by atoms with Crippen molar-refractivity contribution < 1.29 is 14.3 Å². The molecule has 1 saturated heterocycles. The molecule has 0 spiro atoms. The molecule has 5 rings (SSSR count). The minimum atomic E-state index is -0.394. The summed E-state index contributed by atoms with van der Waals surface area (Å²) in [6, 6.07) is 12.3. The highest BCUT2D eigenvalue weighted by atomic mass is 16.5. The van der Waals surface area contributed by atoms with Crippen LogP contribution in [-0.2, 0) is 4.74 Å². The summed E-state index contributed by atoms with van der Waals surface area (Å²) >= 11 is 0. The largest absolute Gasteiger partial charge is 0.378 e. The van der Waals surface area contributed by atoms with Crippen molar-refractivity contribution in [2.45, 2.75) is 26.8 Å². The number of aromatic nitrogens is 5. The third-order valence-electron chi connectivity index (χ3n) is 7.08. The highest BCUT2D eigenvalue weighted by Gasteiger charge is 2.22.